The van der Waals surface area contributed by atoms with Crippen molar-refractivity contribution in [3.05, 3.63) is 0 Å². The quantitative estimate of drug-likeness (QED) is 0.435. The predicted molar refractivity (Wildman–Crippen MR) is 123 cm³/mol. The summed E-state index contributed by atoms with van der Waals surface area (Å²) in [5.41, 5.74) is 4.95. The van der Waals surface area contributed by atoms with Crippen LogP contribution in [0.4, 0.5) is 4.79 Å². The predicted octanol–water partition coefficient (Wildman–Crippen LogP) is 3.86. The molecule has 0 aliphatic rings. The fourth-order valence-electron chi connectivity index (χ4n) is 1.92. The molecule has 0 bridgehead atoms. The molecule has 0 aliphatic heterocycles. The Morgan fingerprint density at radius 2 is 1.32 bits per heavy atom. The SMILES string of the molecule is CC.CC.CC.CC.CNC(C(=O)NC(CCCNC(N)=O)C(C)=O)C(C)C. The van der Waals surface area contributed by atoms with Crippen molar-refractivity contribution in [3.8, 4) is 0 Å². The van der Waals surface area contributed by atoms with Gasteiger partial charge in [0.05, 0.1) is 12.1 Å². The Labute approximate surface area is 175 Å². The third kappa shape index (κ3) is 24.4. The van der Waals surface area contributed by atoms with Gasteiger partial charge in [-0.05, 0) is 32.7 Å². The van der Waals surface area contributed by atoms with Gasteiger partial charge in [0.1, 0.15) is 0 Å². The number of hydrogen-bond donors (Lipinski definition) is 4. The Morgan fingerprint density at radius 3 is 1.61 bits per heavy atom. The summed E-state index contributed by atoms with van der Waals surface area (Å²) in [6.45, 7) is 21.7. The minimum Gasteiger partial charge on any atom is -0.352 e. The van der Waals surface area contributed by atoms with E-state index in [1.165, 1.54) is 6.92 Å². The summed E-state index contributed by atoms with van der Waals surface area (Å²) in [5, 5.41) is 8.12. The van der Waals surface area contributed by atoms with Crippen LogP contribution in [0.15, 0.2) is 0 Å². The second kappa shape index (κ2) is 30.1. The van der Waals surface area contributed by atoms with Gasteiger partial charge in [-0.25, -0.2) is 4.79 Å². The normalized spacial score (nSPS) is 10.6. The summed E-state index contributed by atoms with van der Waals surface area (Å²) < 4.78 is 0. The van der Waals surface area contributed by atoms with Gasteiger partial charge in [0.15, 0.2) is 5.78 Å². The second-order valence-electron chi connectivity index (χ2n) is 5.12. The maximum atomic E-state index is 12.1. The summed E-state index contributed by atoms with van der Waals surface area (Å²) in [4.78, 5) is 34.1. The molecule has 0 saturated carbocycles. The Balaban J connectivity index is -0.000000194. The highest BCUT2D eigenvalue weighted by molar-refractivity contribution is 5.89. The topological polar surface area (TPSA) is 113 Å². The van der Waals surface area contributed by atoms with Gasteiger partial charge in [-0.3, -0.25) is 9.59 Å². The summed E-state index contributed by atoms with van der Waals surface area (Å²) in [7, 11) is 1.71. The van der Waals surface area contributed by atoms with E-state index in [2.05, 4.69) is 16.0 Å². The van der Waals surface area contributed by atoms with Crippen LogP contribution in [-0.2, 0) is 9.59 Å². The first kappa shape index (κ1) is 37.2. The zero-order valence-corrected chi connectivity index (χ0v) is 20.7. The number of carbonyl (C=O) groups is 3. The van der Waals surface area contributed by atoms with Crippen molar-refractivity contribution < 1.29 is 14.4 Å². The highest BCUT2D eigenvalue weighted by atomic mass is 16.2. The van der Waals surface area contributed by atoms with Crippen molar-refractivity contribution in [2.24, 2.45) is 11.7 Å². The van der Waals surface area contributed by atoms with Crippen LogP contribution in [0.1, 0.15) is 89.0 Å². The number of rotatable bonds is 9. The lowest BCUT2D eigenvalue weighted by Crippen LogP contribution is -2.51. The first-order valence-corrected chi connectivity index (χ1v) is 10.8. The maximum absolute atomic E-state index is 12.1. The summed E-state index contributed by atoms with van der Waals surface area (Å²) in [6, 6.07) is -1.46. The minimum absolute atomic E-state index is 0.101. The molecule has 0 aromatic rings. The second-order valence-corrected chi connectivity index (χ2v) is 5.12. The molecule has 0 radical (unpaired) electrons. The Kier molecular flexibility index (Phi) is 40.0. The first-order valence-electron chi connectivity index (χ1n) is 10.8. The first-order chi connectivity index (χ1) is 13.3. The van der Waals surface area contributed by atoms with Gasteiger partial charge in [-0.1, -0.05) is 69.2 Å². The summed E-state index contributed by atoms with van der Waals surface area (Å²) in [5.74, 6) is -0.161. The number of amides is 3. The summed E-state index contributed by atoms with van der Waals surface area (Å²) in [6.07, 6.45) is 1.04. The third-order valence-corrected chi connectivity index (χ3v) is 3.04. The number of hydrogen-bond acceptors (Lipinski definition) is 4. The van der Waals surface area contributed by atoms with E-state index in [-0.39, 0.29) is 23.7 Å². The van der Waals surface area contributed by atoms with Crippen molar-refractivity contribution in [3.63, 3.8) is 0 Å². The molecule has 28 heavy (non-hydrogen) atoms. The lowest BCUT2D eigenvalue weighted by atomic mass is 10.0. The van der Waals surface area contributed by atoms with Crippen molar-refractivity contribution in [2.75, 3.05) is 13.6 Å². The molecule has 0 aromatic carbocycles. The van der Waals surface area contributed by atoms with Crippen LogP contribution < -0.4 is 21.7 Å². The van der Waals surface area contributed by atoms with E-state index < -0.39 is 12.1 Å². The Bertz CT molecular complexity index is 349. The van der Waals surface area contributed by atoms with E-state index in [1.54, 1.807) is 7.05 Å². The number of nitrogens with one attached hydrogen (secondary N) is 3. The number of nitrogens with two attached hydrogens (primary N) is 1. The molecule has 0 spiro atoms. The molecule has 2 unspecified atom stereocenters. The van der Waals surface area contributed by atoms with Crippen LogP contribution in [-0.4, -0.2) is 43.4 Å². The number of likely N-dealkylation sites (N-methyl/N-ethyl adjacent to an activating group) is 1. The van der Waals surface area contributed by atoms with E-state index in [9.17, 15) is 14.4 Å². The Morgan fingerprint density at radius 1 is 0.893 bits per heavy atom. The average molecular weight is 407 g/mol. The van der Waals surface area contributed by atoms with E-state index in [0.29, 0.717) is 19.4 Å². The van der Waals surface area contributed by atoms with Gasteiger partial charge in [0.2, 0.25) is 5.91 Å². The smallest absolute Gasteiger partial charge is 0.312 e. The fraction of sp³-hybridized carbons (Fsp3) is 0.857. The molecule has 0 heterocycles. The molecule has 5 N–H and O–H groups in total. The molecule has 0 fully saturated rings. The number of ketones is 1. The molecule has 0 saturated heterocycles. The maximum Gasteiger partial charge on any atom is 0.312 e. The number of primary amides is 1. The van der Waals surface area contributed by atoms with E-state index in [0.717, 1.165) is 0 Å². The Hall–Kier alpha value is -1.63. The average Bonchev–Trinajstić information content (AvgIpc) is 2.70. The van der Waals surface area contributed by atoms with E-state index in [4.69, 9.17) is 5.73 Å². The van der Waals surface area contributed by atoms with Gasteiger partial charge >= 0.3 is 6.03 Å². The van der Waals surface area contributed by atoms with Gasteiger partial charge in [0.25, 0.3) is 0 Å². The highest BCUT2D eigenvalue weighted by Crippen LogP contribution is 2.04. The molecule has 7 heteroatoms. The molecule has 0 rings (SSSR count). The molecular formula is C21H50N4O3. The van der Waals surface area contributed by atoms with Crippen LogP contribution >= 0.6 is 0 Å². The zero-order chi connectivity index (χ0) is 23.7. The number of carbonyl (C=O) groups excluding carboxylic acids is 3. The third-order valence-electron chi connectivity index (χ3n) is 3.04. The zero-order valence-electron chi connectivity index (χ0n) is 20.7. The van der Waals surface area contributed by atoms with Gasteiger partial charge in [-0.15, -0.1) is 0 Å². The van der Waals surface area contributed by atoms with Gasteiger partial charge in [-0.2, -0.15) is 0 Å². The van der Waals surface area contributed by atoms with E-state index >= 15 is 0 Å². The molecular weight excluding hydrogens is 356 g/mol. The van der Waals surface area contributed by atoms with Crippen LogP contribution in [0.3, 0.4) is 0 Å². The van der Waals surface area contributed by atoms with Crippen LogP contribution in [0.25, 0.3) is 0 Å². The van der Waals surface area contributed by atoms with Crippen LogP contribution in [0.5, 0.6) is 0 Å². The van der Waals surface area contributed by atoms with E-state index in [1.807, 2.05) is 69.2 Å². The number of urea groups is 1. The monoisotopic (exact) mass is 406 g/mol. The standard InChI is InChI=1S/C13H26N4O3.4C2H6/c1-8(2)11(15-4)12(19)17-10(9(3)18)6-5-7-16-13(14)20;4*1-2/h8,10-11,15H,5-7H2,1-4H3,(H,17,19)(H3,14,16,20);4*1-2H3. The fourth-order valence-corrected chi connectivity index (χ4v) is 1.92. The molecule has 3 amide bonds. The molecule has 0 aromatic heterocycles. The van der Waals surface area contributed by atoms with Crippen molar-refractivity contribution >= 4 is 17.7 Å². The number of Topliss-reactive ketones (excluding diaryl/α,β-unsaturated/α-hetero) is 1. The van der Waals surface area contributed by atoms with Crippen molar-refractivity contribution in [2.45, 2.75) is 101 Å². The highest BCUT2D eigenvalue weighted by Gasteiger charge is 2.24. The molecule has 2 atom stereocenters. The summed E-state index contributed by atoms with van der Waals surface area (Å²) >= 11 is 0. The lowest BCUT2D eigenvalue weighted by molar-refractivity contribution is -0.129. The van der Waals surface area contributed by atoms with Crippen LogP contribution in [0, 0.1) is 5.92 Å². The van der Waals surface area contributed by atoms with Crippen LogP contribution in [0.2, 0.25) is 0 Å². The van der Waals surface area contributed by atoms with Crippen molar-refractivity contribution in [1.82, 2.24) is 16.0 Å². The lowest BCUT2D eigenvalue weighted by Gasteiger charge is -2.23. The largest absolute Gasteiger partial charge is 0.352 e. The molecule has 0 aliphatic carbocycles. The van der Waals surface area contributed by atoms with Gasteiger partial charge < -0.3 is 21.7 Å². The van der Waals surface area contributed by atoms with Crippen molar-refractivity contribution in [1.29, 1.82) is 0 Å². The minimum atomic E-state index is -0.594. The molecule has 172 valence electrons. The molecule has 7 nitrogen and oxygen atoms in total. The van der Waals surface area contributed by atoms with Gasteiger partial charge in [0, 0.05) is 6.54 Å².